The monoisotopic (exact) mass is 211 g/mol. The molecule has 1 unspecified atom stereocenters. The number of rotatable bonds is 2. The largest absolute Gasteiger partial charge is 0.377 e. The molecule has 0 radical (unpaired) electrons. The Morgan fingerprint density at radius 3 is 3.21 bits per heavy atom. The molecule has 0 amide bonds. The molecule has 14 heavy (non-hydrogen) atoms. The first-order chi connectivity index (χ1) is 6.81. The lowest BCUT2D eigenvalue weighted by Gasteiger charge is -2.34. The molecule has 0 aromatic carbocycles. The van der Waals surface area contributed by atoms with Gasteiger partial charge in [0.05, 0.1) is 18.1 Å². The van der Waals surface area contributed by atoms with Gasteiger partial charge < -0.3 is 9.64 Å². The number of hydrogen-bond acceptors (Lipinski definition) is 4. The van der Waals surface area contributed by atoms with Crippen molar-refractivity contribution in [2.45, 2.75) is 13.0 Å². The molecule has 0 bridgehead atoms. The fraction of sp³-hybridized carbons (Fsp3) is 0.500. The van der Waals surface area contributed by atoms with Gasteiger partial charge in [-0.05, 0) is 13.0 Å². The molecule has 1 aliphatic heterocycles. The van der Waals surface area contributed by atoms with Gasteiger partial charge in [-0.2, -0.15) is 0 Å². The maximum absolute atomic E-state index is 10.6. The lowest BCUT2D eigenvalue weighted by molar-refractivity contribution is 0.0990. The lowest BCUT2D eigenvalue weighted by Crippen LogP contribution is -2.43. The molecule has 0 saturated carbocycles. The average molecular weight is 211 g/mol. The summed E-state index contributed by atoms with van der Waals surface area (Å²) in [5.41, 5.74) is 1.15. The Bertz CT molecular complexity index is 324. The van der Waals surface area contributed by atoms with Crippen molar-refractivity contribution < 1.29 is 9.53 Å². The Morgan fingerprint density at radius 2 is 2.57 bits per heavy atom. The van der Waals surface area contributed by atoms with Crippen LogP contribution in [0.4, 0.5) is 5.69 Å². The second kappa shape index (κ2) is 4.11. The molecule has 0 spiro atoms. The molecular formula is C10H13NO2S. The lowest BCUT2D eigenvalue weighted by atomic mass is 10.2. The number of hydrogen-bond donors (Lipinski definition) is 0. The summed E-state index contributed by atoms with van der Waals surface area (Å²) in [6.07, 6.45) is 0.902. The standard InChI is InChI=1S/C10H13NO2S/c1-8-6-13-3-2-11(8)9-4-10(5-12)14-7-9/h4-5,7-8H,2-3,6H2,1H3. The fourth-order valence-electron chi connectivity index (χ4n) is 1.67. The first kappa shape index (κ1) is 9.68. The van der Waals surface area contributed by atoms with Crippen molar-refractivity contribution in [2.75, 3.05) is 24.7 Å². The summed E-state index contributed by atoms with van der Waals surface area (Å²) in [4.78, 5) is 13.6. The molecule has 0 aliphatic carbocycles. The first-order valence-electron chi connectivity index (χ1n) is 4.69. The van der Waals surface area contributed by atoms with Gasteiger partial charge in [0.15, 0.2) is 6.29 Å². The van der Waals surface area contributed by atoms with Crippen LogP contribution in [0.25, 0.3) is 0 Å². The van der Waals surface area contributed by atoms with Gasteiger partial charge in [-0.25, -0.2) is 0 Å². The van der Waals surface area contributed by atoms with E-state index in [9.17, 15) is 4.79 Å². The zero-order chi connectivity index (χ0) is 9.97. The molecule has 2 rings (SSSR count). The minimum absolute atomic E-state index is 0.401. The van der Waals surface area contributed by atoms with Gasteiger partial charge in [-0.15, -0.1) is 11.3 Å². The van der Waals surface area contributed by atoms with E-state index in [0.29, 0.717) is 6.04 Å². The van der Waals surface area contributed by atoms with E-state index in [2.05, 4.69) is 11.8 Å². The van der Waals surface area contributed by atoms with E-state index >= 15 is 0 Å². The van der Waals surface area contributed by atoms with E-state index < -0.39 is 0 Å². The van der Waals surface area contributed by atoms with Crippen molar-refractivity contribution in [3.63, 3.8) is 0 Å². The third-order valence-electron chi connectivity index (χ3n) is 2.42. The van der Waals surface area contributed by atoms with Crippen LogP contribution in [0.1, 0.15) is 16.6 Å². The van der Waals surface area contributed by atoms with Crippen LogP contribution in [-0.4, -0.2) is 32.1 Å². The Labute approximate surface area is 87.3 Å². The molecule has 4 heteroatoms. The summed E-state index contributed by atoms with van der Waals surface area (Å²) in [5.74, 6) is 0. The molecule has 0 N–H and O–H groups in total. The molecule has 1 aromatic heterocycles. The minimum Gasteiger partial charge on any atom is -0.377 e. The van der Waals surface area contributed by atoms with E-state index in [1.165, 1.54) is 11.3 Å². The number of carbonyl (C=O) groups is 1. The van der Waals surface area contributed by atoms with Crippen LogP contribution in [0.2, 0.25) is 0 Å². The van der Waals surface area contributed by atoms with Crippen LogP contribution >= 0.6 is 11.3 Å². The average Bonchev–Trinajstić information content (AvgIpc) is 2.67. The molecule has 1 fully saturated rings. The van der Waals surface area contributed by atoms with Gasteiger partial charge in [-0.1, -0.05) is 0 Å². The van der Waals surface area contributed by atoms with E-state index in [1.807, 2.05) is 11.4 Å². The van der Waals surface area contributed by atoms with E-state index in [4.69, 9.17) is 4.74 Å². The summed E-state index contributed by atoms with van der Waals surface area (Å²) in [5, 5.41) is 2.03. The number of thiophene rings is 1. The topological polar surface area (TPSA) is 29.5 Å². The van der Waals surface area contributed by atoms with E-state index in [0.717, 1.165) is 36.6 Å². The van der Waals surface area contributed by atoms with Gasteiger partial charge >= 0.3 is 0 Å². The van der Waals surface area contributed by atoms with Gasteiger partial charge in [0.25, 0.3) is 0 Å². The quantitative estimate of drug-likeness (QED) is 0.698. The van der Waals surface area contributed by atoms with Crippen LogP contribution in [0, 0.1) is 0 Å². The molecule has 1 aromatic rings. The predicted octanol–water partition coefficient (Wildman–Crippen LogP) is 1.79. The van der Waals surface area contributed by atoms with Crippen LogP contribution in [0.15, 0.2) is 11.4 Å². The number of nitrogens with zero attached hydrogens (tertiary/aromatic N) is 1. The van der Waals surface area contributed by atoms with Gasteiger partial charge in [0.2, 0.25) is 0 Å². The summed E-state index contributed by atoms with van der Waals surface area (Å²) < 4.78 is 5.36. The van der Waals surface area contributed by atoms with Crippen LogP contribution < -0.4 is 4.90 Å². The van der Waals surface area contributed by atoms with Crippen LogP contribution in [0.5, 0.6) is 0 Å². The third-order valence-corrected chi connectivity index (χ3v) is 3.27. The maximum atomic E-state index is 10.6. The van der Waals surface area contributed by atoms with Crippen molar-refractivity contribution in [2.24, 2.45) is 0 Å². The highest BCUT2D eigenvalue weighted by Gasteiger charge is 2.19. The number of aldehydes is 1. The summed E-state index contributed by atoms with van der Waals surface area (Å²) in [6.45, 7) is 4.59. The van der Waals surface area contributed by atoms with Crippen molar-refractivity contribution in [1.82, 2.24) is 0 Å². The number of ether oxygens (including phenoxy) is 1. The minimum atomic E-state index is 0.401. The molecule has 1 atom stereocenters. The van der Waals surface area contributed by atoms with Gasteiger partial charge in [-0.3, -0.25) is 4.79 Å². The number of carbonyl (C=O) groups excluding carboxylic acids is 1. The Balaban J connectivity index is 2.16. The number of morpholine rings is 1. The van der Waals surface area contributed by atoms with Crippen LogP contribution in [-0.2, 0) is 4.74 Å². The van der Waals surface area contributed by atoms with Crippen molar-refractivity contribution >= 4 is 23.3 Å². The Hall–Kier alpha value is -0.870. The van der Waals surface area contributed by atoms with Crippen molar-refractivity contribution in [3.8, 4) is 0 Å². The molecular weight excluding hydrogens is 198 g/mol. The Morgan fingerprint density at radius 1 is 1.71 bits per heavy atom. The molecule has 1 saturated heterocycles. The maximum Gasteiger partial charge on any atom is 0.160 e. The highest BCUT2D eigenvalue weighted by Crippen LogP contribution is 2.25. The first-order valence-corrected chi connectivity index (χ1v) is 5.57. The SMILES string of the molecule is CC1COCCN1c1csc(C=O)c1. The summed E-state index contributed by atoms with van der Waals surface area (Å²) >= 11 is 1.49. The fourth-order valence-corrected chi connectivity index (χ4v) is 2.37. The Kier molecular flexibility index (Phi) is 2.84. The smallest absolute Gasteiger partial charge is 0.160 e. The number of anilines is 1. The van der Waals surface area contributed by atoms with Crippen LogP contribution in [0.3, 0.4) is 0 Å². The van der Waals surface area contributed by atoms with Crippen molar-refractivity contribution in [3.05, 3.63) is 16.3 Å². The third kappa shape index (κ3) is 1.81. The summed E-state index contributed by atoms with van der Waals surface area (Å²) in [6, 6.07) is 2.34. The van der Waals surface area contributed by atoms with Crippen molar-refractivity contribution in [1.29, 1.82) is 0 Å². The predicted molar refractivity (Wildman–Crippen MR) is 57.3 cm³/mol. The van der Waals surface area contributed by atoms with E-state index in [1.54, 1.807) is 0 Å². The molecule has 76 valence electrons. The zero-order valence-corrected chi connectivity index (χ0v) is 8.92. The second-order valence-electron chi connectivity index (χ2n) is 3.44. The van der Waals surface area contributed by atoms with E-state index in [-0.39, 0.29) is 0 Å². The normalized spacial score (nSPS) is 22.4. The zero-order valence-electron chi connectivity index (χ0n) is 8.10. The molecule has 2 heterocycles. The van der Waals surface area contributed by atoms with Gasteiger partial charge in [0, 0.05) is 23.7 Å². The highest BCUT2D eigenvalue weighted by atomic mass is 32.1. The summed E-state index contributed by atoms with van der Waals surface area (Å²) in [7, 11) is 0. The highest BCUT2D eigenvalue weighted by molar-refractivity contribution is 7.12. The van der Waals surface area contributed by atoms with Gasteiger partial charge in [0.1, 0.15) is 0 Å². The molecule has 3 nitrogen and oxygen atoms in total. The second-order valence-corrected chi connectivity index (χ2v) is 4.39. The molecule has 1 aliphatic rings.